The van der Waals surface area contributed by atoms with Gasteiger partial charge in [0.25, 0.3) is 0 Å². The van der Waals surface area contributed by atoms with E-state index in [-0.39, 0.29) is 11.9 Å². The maximum atomic E-state index is 14.6. The van der Waals surface area contributed by atoms with E-state index in [1.165, 1.54) is 12.4 Å². The Hall–Kier alpha value is -2.54. The highest BCUT2D eigenvalue weighted by atomic mass is 19.1. The Morgan fingerprint density at radius 3 is 2.73 bits per heavy atom. The van der Waals surface area contributed by atoms with E-state index in [0.29, 0.717) is 17.4 Å². The van der Waals surface area contributed by atoms with Crippen molar-refractivity contribution >= 4 is 11.9 Å². The highest BCUT2D eigenvalue weighted by molar-refractivity contribution is 5.79. The molecule has 2 aliphatic rings. The highest BCUT2D eigenvalue weighted by Crippen LogP contribution is 2.31. The molecule has 2 aromatic rings. The first-order valence-corrected chi connectivity index (χ1v) is 8.96. The van der Waals surface area contributed by atoms with Crippen LogP contribution in [0.2, 0.25) is 0 Å². The van der Waals surface area contributed by atoms with Crippen molar-refractivity contribution in [3.8, 4) is 11.4 Å². The lowest BCUT2D eigenvalue weighted by Crippen LogP contribution is -2.37. The Labute approximate surface area is 151 Å². The van der Waals surface area contributed by atoms with Crippen molar-refractivity contribution in [2.45, 2.75) is 44.8 Å². The molecule has 0 unspecified atom stereocenters. The van der Waals surface area contributed by atoms with Crippen LogP contribution in [0, 0.1) is 12.7 Å². The zero-order chi connectivity index (χ0) is 18.1. The van der Waals surface area contributed by atoms with E-state index in [4.69, 9.17) is 0 Å². The quantitative estimate of drug-likeness (QED) is 0.887. The first kappa shape index (κ1) is 16.9. The second-order valence-corrected chi connectivity index (χ2v) is 6.95. The van der Waals surface area contributed by atoms with Crippen molar-refractivity contribution < 1.29 is 9.50 Å². The summed E-state index contributed by atoms with van der Waals surface area (Å²) in [7, 11) is 0. The van der Waals surface area contributed by atoms with Gasteiger partial charge < -0.3 is 10.0 Å². The van der Waals surface area contributed by atoms with Gasteiger partial charge in [0, 0.05) is 24.0 Å². The molecule has 1 saturated carbocycles. The maximum Gasteiger partial charge on any atom is 0.183 e. The molecule has 2 heterocycles. The number of aliphatic imine (C=N–C) groups is 1. The van der Waals surface area contributed by atoms with Gasteiger partial charge in [-0.25, -0.2) is 9.37 Å². The summed E-state index contributed by atoms with van der Waals surface area (Å²) in [5.41, 5.74) is 2.85. The van der Waals surface area contributed by atoms with Crippen molar-refractivity contribution in [3.05, 3.63) is 41.6 Å². The standard InChI is InChI=1S/C19H22FN5O/c1-12-8-16(19-22-11-23-24-19)17(20)9-15(12)18-10-25(7-6-21-18)13-2-4-14(26)5-3-13/h6,8-11,13-14,26H,2-5,7H2,1H3,(H,22,23,24)/t13-,14+. The van der Waals surface area contributed by atoms with Crippen LogP contribution in [0.25, 0.3) is 17.1 Å². The fraction of sp³-hybridized carbons (Fsp3) is 0.421. The molecule has 0 spiro atoms. The highest BCUT2D eigenvalue weighted by Gasteiger charge is 2.25. The lowest BCUT2D eigenvalue weighted by atomic mass is 9.92. The second kappa shape index (κ2) is 6.99. The van der Waals surface area contributed by atoms with Crippen molar-refractivity contribution in [1.29, 1.82) is 0 Å². The maximum absolute atomic E-state index is 14.6. The fourth-order valence-corrected chi connectivity index (χ4v) is 3.73. The molecule has 136 valence electrons. The first-order chi connectivity index (χ1) is 12.6. The number of hydrogen-bond donors (Lipinski definition) is 2. The number of aliphatic hydroxyl groups is 1. The normalized spacial score (nSPS) is 23.2. The van der Waals surface area contributed by atoms with Crippen molar-refractivity contribution in [2.24, 2.45) is 4.99 Å². The first-order valence-electron chi connectivity index (χ1n) is 8.96. The molecule has 1 aromatic heterocycles. The largest absolute Gasteiger partial charge is 0.393 e. The van der Waals surface area contributed by atoms with Crippen LogP contribution in [0.3, 0.4) is 0 Å². The number of halogens is 1. The van der Waals surface area contributed by atoms with Gasteiger partial charge in [0.1, 0.15) is 12.1 Å². The molecule has 7 heteroatoms. The van der Waals surface area contributed by atoms with E-state index in [9.17, 15) is 9.50 Å². The number of nitrogens with zero attached hydrogens (tertiary/aromatic N) is 4. The molecule has 1 aliphatic carbocycles. The predicted molar refractivity (Wildman–Crippen MR) is 98.0 cm³/mol. The molecule has 0 bridgehead atoms. The Kier molecular flexibility index (Phi) is 4.55. The minimum atomic E-state index is -0.362. The molecular weight excluding hydrogens is 333 g/mol. The molecule has 2 N–H and O–H groups in total. The number of aromatic nitrogens is 3. The molecule has 26 heavy (non-hydrogen) atoms. The Morgan fingerprint density at radius 1 is 1.19 bits per heavy atom. The van der Waals surface area contributed by atoms with Gasteiger partial charge in [-0.1, -0.05) is 0 Å². The second-order valence-electron chi connectivity index (χ2n) is 6.95. The zero-order valence-corrected chi connectivity index (χ0v) is 14.7. The number of aliphatic hydroxyl groups excluding tert-OH is 1. The van der Waals surface area contributed by atoms with Crippen LogP contribution < -0.4 is 0 Å². The van der Waals surface area contributed by atoms with Gasteiger partial charge in [-0.15, -0.1) is 0 Å². The number of benzene rings is 1. The molecule has 4 rings (SSSR count). The average Bonchev–Trinajstić information content (AvgIpc) is 3.18. The summed E-state index contributed by atoms with van der Waals surface area (Å²) in [6.07, 6.45) is 8.77. The van der Waals surface area contributed by atoms with Crippen LogP contribution >= 0.6 is 0 Å². The molecule has 0 saturated heterocycles. The lowest BCUT2D eigenvalue weighted by molar-refractivity contribution is 0.0952. The SMILES string of the molecule is Cc1cc(-c2nc[nH]n2)c(F)cc1C1=CN([C@H]2CC[C@@H](O)CC2)CC=N1. The summed E-state index contributed by atoms with van der Waals surface area (Å²) in [6.45, 7) is 2.69. The van der Waals surface area contributed by atoms with Crippen LogP contribution in [0.4, 0.5) is 4.39 Å². The van der Waals surface area contributed by atoms with Gasteiger partial charge in [-0.05, 0) is 50.3 Å². The molecule has 1 aliphatic heterocycles. The van der Waals surface area contributed by atoms with E-state index >= 15 is 0 Å². The molecule has 0 radical (unpaired) electrons. The van der Waals surface area contributed by atoms with Gasteiger partial charge >= 0.3 is 0 Å². The van der Waals surface area contributed by atoms with E-state index in [1.54, 1.807) is 6.07 Å². The number of hydrogen-bond acceptors (Lipinski definition) is 5. The molecule has 1 fully saturated rings. The van der Waals surface area contributed by atoms with Crippen LogP contribution in [-0.4, -0.2) is 50.1 Å². The summed E-state index contributed by atoms with van der Waals surface area (Å²) >= 11 is 0. The third-order valence-corrected chi connectivity index (χ3v) is 5.19. The van der Waals surface area contributed by atoms with Crippen LogP contribution in [0.15, 0.2) is 29.7 Å². The lowest BCUT2D eigenvalue weighted by Gasteiger charge is -2.35. The fourth-order valence-electron chi connectivity index (χ4n) is 3.73. The van der Waals surface area contributed by atoms with Gasteiger partial charge in [0.05, 0.1) is 23.9 Å². The predicted octanol–water partition coefficient (Wildman–Crippen LogP) is 2.91. The van der Waals surface area contributed by atoms with E-state index in [2.05, 4.69) is 25.1 Å². The van der Waals surface area contributed by atoms with Crippen molar-refractivity contribution in [2.75, 3.05) is 6.54 Å². The molecule has 0 atom stereocenters. The molecule has 6 nitrogen and oxygen atoms in total. The Morgan fingerprint density at radius 2 is 2.00 bits per heavy atom. The number of rotatable bonds is 3. The monoisotopic (exact) mass is 355 g/mol. The number of H-pyrrole nitrogens is 1. The van der Waals surface area contributed by atoms with E-state index in [0.717, 1.165) is 49.1 Å². The van der Waals surface area contributed by atoms with Gasteiger partial charge in [-0.2, -0.15) is 5.10 Å². The van der Waals surface area contributed by atoms with Gasteiger partial charge in [0.2, 0.25) is 0 Å². The minimum Gasteiger partial charge on any atom is -0.393 e. The molecule has 0 amide bonds. The summed E-state index contributed by atoms with van der Waals surface area (Å²) < 4.78 is 14.6. The smallest absolute Gasteiger partial charge is 0.183 e. The van der Waals surface area contributed by atoms with Crippen LogP contribution in [0.5, 0.6) is 0 Å². The summed E-state index contributed by atoms with van der Waals surface area (Å²) in [5.74, 6) is -0.0140. The third kappa shape index (κ3) is 3.26. The Bertz CT molecular complexity index is 838. The third-order valence-electron chi connectivity index (χ3n) is 5.19. The van der Waals surface area contributed by atoms with Crippen LogP contribution in [-0.2, 0) is 0 Å². The van der Waals surface area contributed by atoms with Crippen LogP contribution in [0.1, 0.15) is 36.8 Å². The minimum absolute atomic E-state index is 0.173. The number of nitrogens with one attached hydrogen (secondary N) is 1. The molecule has 1 aromatic carbocycles. The number of aromatic amines is 1. The van der Waals surface area contributed by atoms with Crippen molar-refractivity contribution in [1.82, 2.24) is 20.1 Å². The van der Waals surface area contributed by atoms with Crippen molar-refractivity contribution in [3.63, 3.8) is 0 Å². The topological polar surface area (TPSA) is 77.4 Å². The summed E-state index contributed by atoms with van der Waals surface area (Å²) in [4.78, 5) is 10.8. The van der Waals surface area contributed by atoms with E-state index < -0.39 is 0 Å². The Balaban J connectivity index is 1.62. The number of aryl methyl sites for hydroxylation is 1. The summed E-state index contributed by atoms with van der Waals surface area (Å²) in [6, 6.07) is 3.68. The van der Waals surface area contributed by atoms with E-state index in [1.807, 2.05) is 19.3 Å². The summed E-state index contributed by atoms with van der Waals surface area (Å²) in [5, 5.41) is 16.3. The molecular formula is C19H22FN5O. The zero-order valence-electron chi connectivity index (χ0n) is 14.7. The average molecular weight is 355 g/mol. The van der Waals surface area contributed by atoms with Gasteiger partial charge in [-0.3, -0.25) is 10.1 Å². The van der Waals surface area contributed by atoms with Gasteiger partial charge in [0.15, 0.2) is 5.82 Å².